The lowest BCUT2D eigenvalue weighted by Crippen LogP contribution is -2.29. The number of thiazole rings is 1. The summed E-state index contributed by atoms with van der Waals surface area (Å²) in [5.74, 6) is 1.48. The van der Waals surface area contributed by atoms with Crippen LogP contribution in [-0.4, -0.2) is 43.1 Å². The van der Waals surface area contributed by atoms with E-state index in [1.165, 1.54) is 23.5 Å². The molecular formula is C24H23N7O3S2. The molecule has 0 unspecified atom stereocenters. The van der Waals surface area contributed by atoms with Crippen molar-refractivity contribution in [1.29, 1.82) is 5.26 Å². The summed E-state index contributed by atoms with van der Waals surface area (Å²) in [7, 11) is -3.67. The Morgan fingerprint density at radius 2 is 1.83 bits per heavy atom. The van der Waals surface area contributed by atoms with Crippen molar-refractivity contribution in [2.75, 3.05) is 30.3 Å². The molecule has 3 N–H and O–H groups in total. The Hall–Kier alpha value is -4.05. The van der Waals surface area contributed by atoms with E-state index >= 15 is 0 Å². The average molecular weight is 522 g/mol. The molecule has 2 aromatic carbocycles. The second kappa shape index (κ2) is 11.6. The highest BCUT2D eigenvalue weighted by Gasteiger charge is 2.14. The van der Waals surface area contributed by atoms with Gasteiger partial charge in [0, 0.05) is 31.0 Å². The Kier molecular flexibility index (Phi) is 8.06. The number of aromatic nitrogens is 3. The molecule has 2 heterocycles. The Labute approximate surface area is 213 Å². The predicted molar refractivity (Wildman–Crippen MR) is 139 cm³/mol. The van der Waals surface area contributed by atoms with E-state index in [2.05, 4.69) is 36.4 Å². The fraction of sp³-hybridized carbons (Fsp3) is 0.167. The molecule has 0 aliphatic heterocycles. The van der Waals surface area contributed by atoms with Gasteiger partial charge in [0.2, 0.25) is 16.0 Å². The Morgan fingerprint density at radius 1 is 1.06 bits per heavy atom. The van der Waals surface area contributed by atoms with Gasteiger partial charge in [-0.1, -0.05) is 0 Å². The number of benzene rings is 2. The fourth-order valence-corrected chi connectivity index (χ4v) is 4.77. The van der Waals surface area contributed by atoms with Crippen LogP contribution in [0.3, 0.4) is 0 Å². The van der Waals surface area contributed by atoms with Crippen LogP contribution in [0.4, 0.5) is 17.5 Å². The first-order valence-corrected chi connectivity index (χ1v) is 13.3. The van der Waals surface area contributed by atoms with Crippen LogP contribution in [0.25, 0.3) is 10.6 Å². The molecule has 4 aromatic rings. The molecule has 36 heavy (non-hydrogen) atoms. The zero-order valence-corrected chi connectivity index (χ0v) is 20.9. The number of nitriles is 1. The maximum Gasteiger partial charge on any atom is 0.240 e. The van der Waals surface area contributed by atoms with Gasteiger partial charge in [-0.05, 0) is 55.5 Å². The van der Waals surface area contributed by atoms with Crippen molar-refractivity contribution in [1.82, 2.24) is 19.7 Å². The second-order valence-electron chi connectivity index (χ2n) is 7.37. The topological polar surface area (TPSA) is 142 Å². The number of nitrogens with zero attached hydrogens (tertiary/aromatic N) is 4. The van der Waals surface area contributed by atoms with E-state index in [-0.39, 0.29) is 18.0 Å². The summed E-state index contributed by atoms with van der Waals surface area (Å²) in [4.78, 5) is 14.2. The molecule has 10 nitrogen and oxygen atoms in total. The highest BCUT2D eigenvalue weighted by molar-refractivity contribution is 7.89. The summed E-state index contributed by atoms with van der Waals surface area (Å²) < 4.78 is 33.1. The molecule has 184 valence electrons. The highest BCUT2D eigenvalue weighted by atomic mass is 32.2. The van der Waals surface area contributed by atoms with Gasteiger partial charge in [-0.25, -0.2) is 18.1 Å². The van der Waals surface area contributed by atoms with Crippen molar-refractivity contribution in [2.24, 2.45) is 0 Å². The highest BCUT2D eigenvalue weighted by Crippen LogP contribution is 2.26. The third-order valence-electron chi connectivity index (χ3n) is 4.84. The molecule has 0 saturated heterocycles. The van der Waals surface area contributed by atoms with Crippen LogP contribution in [0.2, 0.25) is 0 Å². The SMILES string of the molecule is CCOc1ccc(S(=O)(=O)NCCNc2nc(Nc3ccc(C#N)cc3)cc(-c3cncs3)n2)cc1. The molecule has 0 amide bonds. The number of ether oxygens (including phenoxy) is 1. The van der Waals surface area contributed by atoms with Gasteiger partial charge in [-0.15, -0.1) is 11.3 Å². The summed E-state index contributed by atoms with van der Waals surface area (Å²) in [5.41, 5.74) is 3.70. The van der Waals surface area contributed by atoms with Gasteiger partial charge in [0.05, 0.1) is 39.2 Å². The molecule has 0 radical (unpaired) electrons. The Bertz CT molecular complexity index is 1430. The van der Waals surface area contributed by atoms with Crippen LogP contribution in [0.1, 0.15) is 12.5 Å². The zero-order valence-electron chi connectivity index (χ0n) is 19.3. The molecule has 0 atom stereocenters. The van der Waals surface area contributed by atoms with E-state index in [9.17, 15) is 8.42 Å². The van der Waals surface area contributed by atoms with Gasteiger partial charge in [0.25, 0.3) is 0 Å². The molecule has 0 aliphatic carbocycles. The zero-order chi connectivity index (χ0) is 25.4. The normalized spacial score (nSPS) is 11.0. The van der Waals surface area contributed by atoms with Crippen LogP contribution in [0.5, 0.6) is 5.75 Å². The minimum Gasteiger partial charge on any atom is -0.494 e. The monoisotopic (exact) mass is 521 g/mol. The van der Waals surface area contributed by atoms with Crippen molar-refractivity contribution < 1.29 is 13.2 Å². The summed E-state index contributed by atoms with van der Waals surface area (Å²) in [6, 6.07) is 17.1. The van der Waals surface area contributed by atoms with Crippen molar-refractivity contribution in [3.8, 4) is 22.4 Å². The number of rotatable bonds is 11. The van der Waals surface area contributed by atoms with Gasteiger partial charge in [-0.2, -0.15) is 10.2 Å². The lowest BCUT2D eigenvalue weighted by atomic mass is 10.2. The average Bonchev–Trinajstić information content (AvgIpc) is 3.43. The van der Waals surface area contributed by atoms with Crippen molar-refractivity contribution in [3.05, 3.63) is 71.9 Å². The van der Waals surface area contributed by atoms with Crippen molar-refractivity contribution in [2.45, 2.75) is 11.8 Å². The Morgan fingerprint density at radius 3 is 2.50 bits per heavy atom. The first kappa shape index (κ1) is 25.1. The van der Waals surface area contributed by atoms with Gasteiger partial charge in [0.1, 0.15) is 11.6 Å². The van der Waals surface area contributed by atoms with E-state index in [0.29, 0.717) is 35.4 Å². The number of hydrogen-bond donors (Lipinski definition) is 3. The van der Waals surface area contributed by atoms with Crippen LogP contribution in [0, 0.1) is 11.3 Å². The van der Waals surface area contributed by atoms with Gasteiger partial charge >= 0.3 is 0 Å². The molecular weight excluding hydrogens is 498 g/mol. The summed E-state index contributed by atoms with van der Waals surface area (Å²) >= 11 is 1.44. The van der Waals surface area contributed by atoms with E-state index in [0.717, 1.165) is 10.6 Å². The molecule has 0 saturated carbocycles. The lowest BCUT2D eigenvalue weighted by molar-refractivity contribution is 0.340. The van der Waals surface area contributed by atoms with Crippen LogP contribution in [-0.2, 0) is 10.0 Å². The van der Waals surface area contributed by atoms with Gasteiger partial charge in [-0.3, -0.25) is 4.98 Å². The summed E-state index contributed by atoms with van der Waals surface area (Å²) in [6.07, 6.45) is 1.72. The molecule has 0 spiro atoms. The summed E-state index contributed by atoms with van der Waals surface area (Å²) in [6.45, 7) is 2.76. The van der Waals surface area contributed by atoms with Gasteiger partial charge in [0.15, 0.2) is 0 Å². The van der Waals surface area contributed by atoms with E-state index in [1.807, 2.05) is 6.92 Å². The molecule has 0 bridgehead atoms. The fourth-order valence-electron chi connectivity index (χ4n) is 3.16. The van der Waals surface area contributed by atoms with Crippen LogP contribution in [0.15, 0.2) is 71.2 Å². The third-order valence-corrected chi connectivity index (χ3v) is 7.12. The van der Waals surface area contributed by atoms with Crippen molar-refractivity contribution >= 4 is 38.8 Å². The molecule has 4 rings (SSSR count). The Balaban J connectivity index is 1.43. The maximum atomic E-state index is 12.6. The number of hydrogen-bond acceptors (Lipinski definition) is 10. The van der Waals surface area contributed by atoms with E-state index in [4.69, 9.17) is 10.00 Å². The maximum absolute atomic E-state index is 12.6. The summed E-state index contributed by atoms with van der Waals surface area (Å²) in [5, 5.41) is 15.3. The van der Waals surface area contributed by atoms with Crippen LogP contribution < -0.4 is 20.1 Å². The second-order valence-corrected chi connectivity index (χ2v) is 10.0. The smallest absolute Gasteiger partial charge is 0.240 e. The number of sulfonamides is 1. The van der Waals surface area contributed by atoms with Gasteiger partial charge < -0.3 is 15.4 Å². The standard InChI is InChI=1S/C24H23N7O3S2/c1-2-34-19-7-9-20(10-8-19)36(32,33)28-12-11-27-24-30-21(22-15-26-16-35-22)13-23(31-24)29-18-5-3-17(14-25)4-6-18/h3-10,13,15-16,28H,2,11-12H2,1H3,(H2,27,29,30,31). The lowest BCUT2D eigenvalue weighted by Gasteiger charge is -2.12. The van der Waals surface area contributed by atoms with E-state index in [1.54, 1.807) is 54.2 Å². The molecule has 12 heteroatoms. The molecule has 0 aliphatic rings. The first-order chi connectivity index (χ1) is 17.5. The number of nitrogens with one attached hydrogen (secondary N) is 3. The van der Waals surface area contributed by atoms with Crippen molar-refractivity contribution in [3.63, 3.8) is 0 Å². The molecule has 2 aromatic heterocycles. The minimum atomic E-state index is -3.67. The van der Waals surface area contributed by atoms with Crippen LogP contribution >= 0.6 is 11.3 Å². The third kappa shape index (κ3) is 6.54. The quantitative estimate of drug-likeness (QED) is 0.250. The van der Waals surface area contributed by atoms with E-state index < -0.39 is 10.0 Å². The number of anilines is 3. The first-order valence-electron chi connectivity index (χ1n) is 11.0. The largest absolute Gasteiger partial charge is 0.494 e. The molecule has 0 fully saturated rings. The predicted octanol–water partition coefficient (Wildman–Crippen LogP) is 4.00. The minimum absolute atomic E-state index is 0.127.